The third-order valence-electron chi connectivity index (χ3n) is 3.08. The molecule has 0 aliphatic rings. The fraction of sp³-hybridized carbons (Fsp3) is 0.0769. The van der Waals surface area contributed by atoms with Crippen LogP contribution in [-0.4, -0.2) is 8.75 Å². The number of nitrogen functional groups attached to an aromatic ring is 1. The number of anilines is 3. The lowest BCUT2D eigenvalue weighted by Gasteiger charge is -2.13. The molecule has 0 amide bonds. The molecule has 0 saturated carbocycles. The van der Waals surface area contributed by atoms with Gasteiger partial charge < -0.3 is 11.1 Å². The summed E-state index contributed by atoms with van der Waals surface area (Å²) in [6.07, 6.45) is 0. The predicted octanol–water partition coefficient (Wildman–Crippen LogP) is 4.63. The Morgan fingerprint density at radius 3 is 2.70 bits per heavy atom. The summed E-state index contributed by atoms with van der Waals surface area (Å²) < 4.78 is 8.43. The van der Waals surface area contributed by atoms with Crippen LogP contribution in [0.2, 0.25) is 10.0 Å². The summed E-state index contributed by atoms with van der Waals surface area (Å²) in [5.41, 5.74) is 10.4. The van der Waals surface area contributed by atoms with Crippen LogP contribution in [0.1, 0.15) is 5.56 Å². The van der Waals surface area contributed by atoms with Gasteiger partial charge in [0.1, 0.15) is 11.0 Å². The van der Waals surface area contributed by atoms with Crippen LogP contribution < -0.4 is 11.1 Å². The predicted molar refractivity (Wildman–Crippen MR) is 86.3 cm³/mol. The fourth-order valence-corrected chi connectivity index (χ4v) is 3.08. The van der Waals surface area contributed by atoms with E-state index in [4.69, 9.17) is 28.9 Å². The Morgan fingerprint density at radius 2 is 1.90 bits per heavy atom. The van der Waals surface area contributed by atoms with Gasteiger partial charge in [0.25, 0.3) is 0 Å². The SMILES string of the molecule is Cc1c(N)cccc1Nc1c(Cl)cc(Cl)c2nsnc12. The number of halogens is 2. The first kappa shape index (κ1) is 13.4. The van der Waals surface area contributed by atoms with Crippen molar-refractivity contribution in [3.05, 3.63) is 39.9 Å². The summed E-state index contributed by atoms with van der Waals surface area (Å²) >= 11 is 13.5. The maximum absolute atomic E-state index is 6.27. The van der Waals surface area contributed by atoms with Crippen LogP contribution in [0.4, 0.5) is 17.1 Å². The second-order valence-electron chi connectivity index (χ2n) is 4.32. The van der Waals surface area contributed by atoms with Gasteiger partial charge in [0.2, 0.25) is 0 Å². The molecule has 0 atom stereocenters. The molecule has 0 aliphatic heterocycles. The number of nitrogens with zero attached hydrogens (tertiary/aromatic N) is 2. The largest absolute Gasteiger partial charge is 0.398 e. The molecule has 0 unspecified atom stereocenters. The van der Waals surface area contributed by atoms with Gasteiger partial charge in [-0.3, -0.25) is 0 Å². The highest BCUT2D eigenvalue weighted by Gasteiger charge is 2.15. The standard InChI is InChI=1S/C13H10Cl2N4S/c1-6-9(16)3-2-4-10(6)17-11-7(14)5-8(15)12-13(11)19-20-18-12/h2-5,17H,16H2,1H3. The van der Waals surface area contributed by atoms with Gasteiger partial charge >= 0.3 is 0 Å². The zero-order valence-electron chi connectivity index (χ0n) is 10.4. The lowest BCUT2D eigenvalue weighted by atomic mass is 10.1. The molecule has 3 N–H and O–H groups in total. The van der Waals surface area contributed by atoms with Crippen LogP contribution in [0.15, 0.2) is 24.3 Å². The second-order valence-corrected chi connectivity index (χ2v) is 5.66. The number of rotatable bonds is 2. The zero-order valence-corrected chi connectivity index (χ0v) is 12.8. The Morgan fingerprint density at radius 1 is 1.15 bits per heavy atom. The molecule has 102 valence electrons. The summed E-state index contributed by atoms with van der Waals surface area (Å²) in [7, 11) is 0. The van der Waals surface area contributed by atoms with E-state index in [2.05, 4.69) is 14.1 Å². The van der Waals surface area contributed by atoms with Crippen LogP contribution in [0.3, 0.4) is 0 Å². The highest BCUT2D eigenvalue weighted by atomic mass is 35.5. The molecule has 3 rings (SSSR count). The molecule has 2 aromatic carbocycles. The number of benzene rings is 2. The minimum Gasteiger partial charge on any atom is -0.398 e. The Hall–Kier alpha value is -1.56. The van der Waals surface area contributed by atoms with Crippen LogP contribution in [-0.2, 0) is 0 Å². The lowest BCUT2D eigenvalue weighted by molar-refractivity contribution is 1.43. The van der Waals surface area contributed by atoms with Crippen molar-refractivity contribution >= 4 is 63.0 Å². The topological polar surface area (TPSA) is 63.8 Å². The van der Waals surface area contributed by atoms with Crippen LogP contribution in [0, 0.1) is 6.92 Å². The monoisotopic (exact) mass is 324 g/mol. The summed E-state index contributed by atoms with van der Waals surface area (Å²) in [6.45, 7) is 1.94. The van der Waals surface area contributed by atoms with Gasteiger partial charge in [0, 0.05) is 11.4 Å². The van der Waals surface area contributed by atoms with Gasteiger partial charge in [-0.15, -0.1) is 0 Å². The van der Waals surface area contributed by atoms with Crippen molar-refractivity contribution in [1.82, 2.24) is 8.75 Å². The first-order chi connectivity index (χ1) is 9.58. The molecule has 1 aromatic heterocycles. The maximum atomic E-state index is 6.27. The van der Waals surface area contributed by atoms with Crippen molar-refractivity contribution in [3.8, 4) is 0 Å². The Kier molecular flexibility index (Phi) is 3.41. The quantitative estimate of drug-likeness (QED) is 0.674. The lowest BCUT2D eigenvalue weighted by Crippen LogP contribution is -1.98. The van der Waals surface area contributed by atoms with E-state index in [1.54, 1.807) is 6.07 Å². The van der Waals surface area contributed by atoms with Crippen LogP contribution in [0.5, 0.6) is 0 Å². The van der Waals surface area contributed by atoms with Crippen molar-refractivity contribution in [3.63, 3.8) is 0 Å². The summed E-state index contributed by atoms with van der Waals surface area (Å²) in [5, 5.41) is 4.26. The third-order valence-corrected chi connectivity index (χ3v) is 4.19. The van der Waals surface area contributed by atoms with Crippen molar-refractivity contribution in [1.29, 1.82) is 0 Å². The zero-order chi connectivity index (χ0) is 14.3. The van der Waals surface area contributed by atoms with Crippen molar-refractivity contribution < 1.29 is 0 Å². The average molecular weight is 325 g/mol. The first-order valence-corrected chi connectivity index (χ1v) is 7.29. The molecule has 0 spiro atoms. The maximum Gasteiger partial charge on any atom is 0.131 e. The van der Waals surface area contributed by atoms with Gasteiger partial charge in [-0.05, 0) is 30.7 Å². The number of nitrogens with one attached hydrogen (secondary N) is 1. The van der Waals surface area contributed by atoms with Crippen molar-refractivity contribution in [2.45, 2.75) is 6.92 Å². The van der Waals surface area contributed by atoms with Crippen molar-refractivity contribution in [2.24, 2.45) is 0 Å². The normalized spacial score (nSPS) is 10.9. The number of aromatic nitrogens is 2. The molecule has 0 aliphatic carbocycles. The number of nitrogens with two attached hydrogens (primary N) is 1. The van der Waals surface area contributed by atoms with E-state index < -0.39 is 0 Å². The van der Waals surface area contributed by atoms with E-state index in [1.807, 2.05) is 25.1 Å². The summed E-state index contributed by atoms with van der Waals surface area (Å²) in [6, 6.07) is 7.33. The Bertz CT molecular complexity index is 800. The minimum absolute atomic E-state index is 0.494. The van der Waals surface area contributed by atoms with Crippen LogP contribution in [0.25, 0.3) is 11.0 Å². The van der Waals surface area contributed by atoms with Gasteiger partial charge in [-0.25, -0.2) is 0 Å². The summed E-state index contributed by atoms with van der Waals surface area (Å²) in [5.74, 6) is 0. The fourth-order valence-electron chi connectivity index (χ4n) is 1.92. The van der Waals surface area contributed by atoms with Gasteiger partial charge in [-0.2, -0.15) is 8.75 Å². The van der Waals surface area contributed by atoms with E-state index >= 15 is 0 Å². The highest BCUT2D eigenvalue weighted by Crippen LogP contribution is 2.37. The molecular formula is C13H10Cl2N4S. The molecule has 0 radical (unpaired) electrons. The first-order valence-electron chi connectivity index (χ1n) is 5.80. The number of fused-ring (bicyclic) bond motifs is 1. The molecule has 1 heterocycles. The number of hydrogen-bond donors (Lipinski definition) is 2. The molecule has 0 fully saturated rings. The molecule has 7 heteroatoms. The Labute approximate surface area is 129 Å². The van der Waals surface area contributed by atoms with Gasteiger partial charge in [-0.1, -0.05) is 29.3 Å². The summed E-state index contributed by atoms with van der Waals surface area (Å²) in [4.78, 5) is 0. The highest BCUT2D eigenvalue weighted by molar-refractivity contribution is 7.00. The molecule has 0 saturated heterocycles. The minimum atomic E-state index is 0.494. The number of hydrogen-bond acceptors (Lipinski definition) is 5. The van der Waals surface area contributed by atoms with E-state index in [0.29, 0.717) is 32.5 Å². The van der Waals surface area contributed by atoms with E-state index in [-0.39, 0.29) is 0 Å². The smallest absolute Gasteiger partial charge is 0.131 e. The Balaban J connectivity index is 2.16. The average Bonchev–Trinajstić information content (AvgIpc) is 2.89. The molecular weight excluding hydrogens is 315 g/mol. The van der Waals surface area contributed by atoms with E-state index in [1.165, 1.54) is 0 Å². The molecule has 4 nitrogen and oxygen atoms in total. The van der Waals surface area contributed by atoms with Crippen molar-refractivity contribution in [2.75, 3.05) is 11.1 Å². The van der Waals surface area contributed by atoms with E-state index in [9.17, 15) is 0 Å². The van der Waals surface area contributed by atoms with Gasteiger partial charge in [0.05, 0.1) is 27.5 Å². The van der Waals surface area contributed by atoms with Gasteiger partial charge in [0.15, 0.2) is 0 Å². The molecule has 20 heavy (non-hydrogen) atoms. The molecule has 0 bridgehead atoms. The van der Waals surface area contributed by atoms with Crippen LogP contribution >= 0.6 is 34.9 Å². The molecule has 3 aromatic rings. The second kappa shape index (κ2) is 5.09. The third kappa shape index (κ3) is 2.18. The van der Waals surface area contributed by atoms with E-state index in [0.717, 1.165) is 23.0 Å².